The molecule has 0 fully saturated rings. The maximum absolute atomic E-state index is 4.28. The number of unbranched alkanes of at least 4 members (excludes halogenated alkanes) is 1. The van der Waals surface area contributed by atoms with Gasteiger partial charge in [0.25, 0.3) is 0 Å². The van der Waals surface area contributed by atoms with E-state index in [9.17, 15) is 0 Å². The lowest BCUT2D eigenvalue weighted by molar-refractivity contribution is 0.452. The highest BCUT2D eigenvalue weighted by Crippen LogP contribution is 2.26. The first-order chi connectivity index (χ1) is 7.70. The first-order valence-corrected chi connectivity index (χ1v) is 6.90. The van der Waals surface area contributed by atoms with Crippen LogP contribution in [-0.4, -0.2) is 16.3 Å². The fraction of sp³-hybridized carbons (Fsp3) is 0.750. The summed E-state index contributed by atoms with van der Waals surface area (Å²) in [6.45, 7) is 5.49. The van der Waals surface area contributed by atoms with E-state index >= 15 is 0 Å². The van der Waals surface area contributed by atoms with Gasteiger partial charge < -0.3 is 5.32 Å². The molecule has 0 saturated carbocycles. The summed E-state index contributed by atoms with van der Waals surface area (Å²) in [5, 5.41) is 7.88. The summed E-state index contributed by atoms with van der Waals surface area (Å²) >= 11 is 3.58. The summed E-state index contributed by atoms with van der Waals surface area (Å²) in [5.74, 6) is 0. The van der Waals surface area contributed by atoms with Gasteiger partial charge in [0, 0.05) is 7.05 Å². The van der Waals surface area contributed by atoms with Gasteiger partial charge in [-0.2, -0.15) is 5.10 Å². The Balaban J connectivity index is 2.74. The van der Waals surface area contributed by atoms with E-state index < -0.39 is 0 Å². The van der Waals surface area contributed by atoms with Gasteiger partial charge in [0.2, 0.25) is 0 Å². The Hall–Kier alpha value is -0.350. The summed E-state index contributed by atoms with van der Waals surface area (Å²) in [4.78, 5) is 0. The molecule has 1 rings (SSSR count). The Morgan fingerprint density at radius 3 is 2.69 bits per heavy atom. The van der Waals surface area contributed by atoms with Crippen molar-refractivity contribution in [1.82, 2.24) is 15.1 Å². The minimum absolute atomic E-state index is 0.418. The number of aryl methyl sites for hydroxylation is 1. The predicted octanol–water partition coefficient (Wildman–Crippen LogP) is 3.41. The van der Waals surface area contributed by atoms with E-state index in [2.05, 4.69) is 40.2 Å². The van der Waals surface area contributed by atoms with E-state index in [-0.39, 0.29) is 0 Å². The molecule has 3 nitrogen and oxygen atoms in total. The molecule has 0 amide bonds. The fourth-order valence-electron chi connectivity index (χ4n) is 1.87. The molecule has 0 aliphatic rings. The van der Waals surface area contributed by atoms with Crippen LogP contribution in [0.3, 0.4) is 0 Å². The van der Waals surface area contributed by atoms with Crippen molar-refractivity contribution in [2.24, 2.45) is 7.05 Å². The molecular weight excluding hydrogens is 266 g/mol. The molecule has 0 radical (unpaired) electrons. The Labute approximate surface area is 107 Å². The predicted molar refractivity (Wildman–Crippen MR) is 71.5 cm³/mol. The Morgan fingerprint density at radius 1 is 1.44 bits per heavy atom. The molecule has 16 heavy (non-hydrogen) atoms. The van der Waals surface area contributed by atoms with Crippen molar-refractivity contribution in [3.63, 3.8) is 0 Å². The number of aromatic nitrogens is 2. The topological polar surface area (TPSA) is 29.9 Å². The van der Waals surface area contributed by atoms with Crippen LogP contribution in [-0.2, 0) is 7.05 Å². The van der Waals surface area contributed by atoms with Crippen LogP contribution >= 0.6 is 15.9 Å². The number of rotatable bonds is 7. The van der Waals surface area contributed by atoms with Crippen LogP contribution in [0.2, 0.25) is 0 Å². The second kappa shape index (κ2) is 7.07. The molecule has 0 spiro atoms. The smallest absolute Gasteiger partial charge is 0.0692 e. The van der Waals surface area contributed by atoms with Crippen LogP contribution in [0.4, 0.5) is 0 Å². The second-order valence-corrected chi connectivity index (χ2v) is 5.00. The van der Waals surface area contributed by atoms with Gasteiger partial charge in [-0.25, -0.2) is 0 Å². The largest absolute Gasteiger partial charge is 0.309 e. The number of nitrogens with one attached hydrogen (secondary N) is 1. The number of nitrogens with zero attached hydrogens (tertiary/aromatic N) is 2. The third-order valence-corrected chi connectivity index (χ3v) is 3.37. The maximum Gasteiger partial charge on any atom is 0.0692 e. The highest BCUT2D eigenvalue weighted by molar-refractivity contribution is 9.10. The van der Waals surface area contributed by atoms with E-state index in [4.69, 9.17) is 0 Å². The zero-order chi connectivity index (χ0) is 12.0. The third kappa shape index (κ3) is 3.59. The molecule has 4 heteroatoms. The van der Waals surface area contributed by atoms with E-state index in [1.807, 2.05) is 17.9 Å². The monoisotopic (exact) mass is 287 g/mol. The molecule has 1 unspecified atom stereocenters. The summed E-state index contributed by atoms with van der Waals surface area (Å²) in [7, 11) is 2.01. The van der Waals surface area contributed by atoms with E-state index in [0.29, 0.717) is 6.04 Å². The molecule has 0 aromatic carbocycles. The van der Waals surface area contributed by atoms with Gasteiger partial charge in [0.15, 0.2) is 0 Å². The Bertz CT molecular complexity index is 282. The highest BCUT2D eigenvalue weighted by atomic mass is 79.9. The van der Waals surface area contributed by atoms with Gasteiger partial charge in [-0.15, -0.1) is 0 Å². The average molecular weight is 288 g/mol. The summed E-state index contributed by atoms with van der Waals surface area (Å²) in [6, 6.07) is 0.418. The van der Waals surface area contributed by atoms with Crippen LogP contribution in [0.5, 0.6) is 0 Å². The van der Waals surface area contributed by atoms with Gasteiger partial charge >= 0.3 is 0 Å². The molecular formula is C12H22BrN3. The van der Waals surface area contributed by atoms with E-state index in [1.54, 1.807) is 0 Å². The van der Waals surface area contributed by atoms with E-state index in [1.165, 1.54) is 25.0 Å². The summed E-state index contributed by atoms with van der Waals surface area (Å²) in [5.41, 5.74) is 1.27. The SMILES string of the molecule is CCCCC(NCCC)c1c(Br)cnn1C. The van der Waals surface area contributed by atoms with Crippen LogP contribution < -0.4 is 5.32 Å². The molecule has 0 saturated heterocycles. The lowest BCUT2D eigenvalue weighted by Gasteiger charge is -2.19. The first-order valence-electron chi connectivity index (χ1n) is 6.11. The van der Waals surface area contributed by atoms with Crippen molar-refractivity contribution in [2.75, 3.05) is 6.54 Å². The van der Waals surface area contributed by atoms with Gasteiger partial charge in [0.1, 0.15) is 0 Å². The summed E-state index contributed by atoms with van der Waals surface area (Å²) < 4.78 is 3.08. The normalized spacial score (nSPS) is 13.0. The van der Waals surface area contributed by atoms with Crippen molar-refractivity contribution in [3.05, 3.63) is 16.4 Å². The molecule has 0 bridgehead atoms. The van der Waals surface area contributed by atoms with Crippen molar-refractivity contribution >= 4 is 15.9 Å². The standard InChI is InChI=1S/C12H22BrN3/c1-4-6-7-11(14-8-5-2)12-10(13)9-15-16(12)3/h9,11,14H,4-8H2,1-3H3. The third-order valence-electron chi connectivity index (χ3n) is 2.75. The van der Waals surface area contributed by atoms with Gasteiger partial charge in [-0.3, -0.25) is 4.68 Å². The van der Waals surface area contributed by atoms with Crippen LogP contribution in [0, 0.1) is 0 Å². The number of hydrogen-bond acceptors (Lipinski definition) is 2. The van der Waals surface area contributed by atoms with Crippen molar-refractivity contribution in [3.8, 4) is 0 Å². The first kappa shape index (κ1) is 13.7. The minimum atomic E-state index is 0.418. The fourth-order valence-corrected chi connectivity index (χ4v) is 2.50. The van der Waals surface area contributed by atoms with Gasteiger partial charge in [-0.1, -0.05) is 26.7 Å². The Morgan fingerprint density at radius 2 is 2.19 bits per heavy atom. The second-order valence-electron chi connectivity index (χ2n) is 4.15. The lowest BCUT2D eigenvalue weighted by Crippen LogP contribution is -2.24. The van der Waals surface area contributed by atoms with Crippen LogP contribution in [0.15, 0.2) is 10.7 Å². The van der Waals surface area contributed by atoms with Crippen molar-refractivity contribution in [1.29, 1.82) is 0 Å². The van der Waals surface area contributed by atoms with Crippen molar-refractivity contribution in [2.45, 2.75) is 45.6 Å². The summed E-state index contributed by atoms with van der Waals surface area (Å²) in [6.07, 6.45) is 6.70. The number of hydrogen-bond donors (Lipinski definition) is 1. The van der Waals surface area contributed by atoms with Crippen LogP contribution in [0.25, 0.3) is 0 Å². The average Bonchev–Trinajstić information content (AvgIpc) is 2.60. The molecule has 1 atom stereocenters. The van der Waals surface area contributed by atoms with Crippen LogP contribution in [0.1, 0.15) is 51.3 Å². The minimum Gasteiger partial charge on any atom is -0.309 e. The molecule has 0 aliphatic carbocycles. The molecule has 0 aliphatic heterocycles. The van der Waals surface area contributed by atoms with E-state index in [0.717, 1.165) is 17.4 Å². The van der Waals surface area contributed by atoms with Crippen molar-refractivity contribution < 1.29 is 0 Å². The molecule has 1 aromatic heterocycles. The van der Waals surface area contributed by atoms with Gasteiger partial charge in [-0.05, 0) is 35.3 Å². The maximum atomic E-state index is 4.28. The zero-order valence-electron chi connectivity index (χ0n) is 10.5. The molecule has 1 aromatic rings. The zero-order valence-corrected chi connectivity index (χ0v) is 12.0. The lowest BCUT2D eigenvalue weighted by atomic mass is 10.1. The number of halogens is 1. The molecule has 1 N–H and O–H groups in total. The Kier molecular flexibility index (Phi) is 6.06. The molecule has 92 valence electrons. The molecule has 1 heterocycles. The quantitative estimate of drug-likeness (QED) is 0.833. The highest BCUT2D eigenvalue weighted by Gasteiger charge is 2.17. The van der Waals surface area contributed by atoms with Gasteiger partial charge in [0.05, 0.1) is 22.4 Å².